The number of hydrogen-bond acceptors (Lipinski definition) is 4. The van der Waals surface area contributed by atoms with E-state index in [-0.39, 0.29) is 17.8 Å². The van der Waals surface area contributed by atoms with Crippen LogP contribution in [0.5, 0.6) is 17.2 Å². The normalized spacial score (nSPS) is 14.3. The van der Waals surface area contributed by atoms with Gasteiger partial charge < -0.3 is 13.6 Å². The molecule has 6 aromatic rings. The molecule has 3 unspecified atom stereocenters. The summed E-state index contributed by atoms with van der Waals surface area (Å²) in [4.78, 5) is 0. The zero-order valence-corrected chi connectivity index (χ0v) is 27.8. The Kier molecular flexibility index (Phi) is 9.90. The van der Waals surface area contributed by atoms with Gasteiger partial charge in [-0.25, -0.2) is 0 Å². The minimum absolute atomic E-state index is 0.0309. The molecule has 6 rings (SSSR count). The largest absolute Gasteiger partial charge is 0.647 e. The fourth-order valence-electron chi connectivity index (χ4n) is 5.95. The molecule has 0 bridgehead atoms. The van der Waals surface area contributed by atoms with Crippen LogP contribution in [0.15, 0.2) is 164 Å². The van der Waals surface area contributed by atoms with Crippen molar-refractivity contribution in [2.75, 3.05) is 0 Å². The minimum atomic E-state index is -4.36. The van der Waals surface area contributed by atoms with Crippen molar-refractivity contribution in [2.24, 2.45) is 0 Å². The van der Waals surface area contributed by atoms with Crippen molar-refractivity contribution in [3.63, 3.8) is 0 Å². The highest BCUT2D eigenvalue weighted by Gasteiger charge is 2.37. The Hall–Kier alpha value is -5.05. The maximum Gasteiger partial charge on any atom is 0.647 e. The second-order valence-electron chi connectivity index (χ2n) is 11.7. The van der Waals surface area contributed by atoms with E-state index in [1.54, 1.807) is 0 Å². The smallest absolute Gasteiger partial charge is 0.386 e. The van der Waals surface area contributed by atoms with Crippen LogP contribution < -0.4 is 13.6 Å². The first-order chi connectivity index (χ1) is 22.9. The molecule has 0 saturated heterocycles. The Morgan fingerprint density at radius 2 is 0.596 bits per heavy atom. The van der Waals surface area contributed by atoms with Gasteiger partial charge in [-0.2, -0.15) is 4.57 Å². The third-order valence-electron chi connectivity index (χ3n) is 8.69. The van der Waals surface area contributed by atoms with Crippen LogP contribution in [0.3, 0.4) is 0 Å². The van der Waals surface area contributed by atoms with E-state index >= 15 is 4.57 Å². The zero-order valence-electron chi connectivity index (χ0n) is 26.9. The van der Waals surface area contributed by atoms with Gasteiger partial charge in [-0.3, -0.25) is 0 Å². The minimum Gasteiger partial charge on any atom is -0.386 e. The van der Waals surface area contributed by atoms with Gasteiger partial charge in [0.05, 0.1) is 0 Å². The van der Waals surface area contributed by atoms with Crippen LogP contribution in [-0.4, -0.2) is 0 Å². The maximum atomic E-state index is 15.2. The van der Waals surface area contributed by atoms with E-state index in [0.717, 1.165) is 33.4 Å². The summed E-state index contributed by atoms with van der Waals surface area (Å²) in [7, 11) is -4.36. The molecule has 0 amide bonds. The first-order valence-electron chi connectivity index (χ1n) is 16.0. The van der Waals surface area contributed by atoms with E-state index in [9.17, 15) is 0 Å². The van der Waals surface area contributed by atoms with Gasteiger partial charge in [0.1, 0.15) is 17.2 Å². The van der Waals surface area contributed by atoms with E-state index in [2.05, 4.69) is 57.2 Å². The second-order valence-corrected chi connectivity index (χ2v) is 13.2. The van der Waals surface area contributed by atoms with Gasteiger partial charge in [0.2, 0.25) is 0 Å². The zero-order chi connectivity index (χ0) is 32.6. The lowest BCUT2D eigenvalue weighted by molar-refractivity contribution is 0.294. The van der Waals surface area contributed by atoms with E-state index in [1.165, 1.54) is 0 Å². The number of phosphoric ester groups is 1. The molecule has 0 aliphatic heterocycles. The average molecular weight is 639 g/mol. The Morgan fingerprint density at radius 3 is 0.872 bits per heavy atom. The summed E-state index contributed by atoms with van der Waals surface area (Å²) >= 11 is 0. The Labute approximate surface area is 278 Å². The van der Waals surface area contributed by atoms with Crippen LogP contribution in [0.2, 0.25) is 0 Å². The number of hydrogen-bond donors (Lipinski definition) is 0. The SMILES string of the molecule is CC(c1ccccc1)c1ccccc1OP(=O)(Oc1ccccc1C(C)c1ccccc1)Oc1ccccc1C(C)c1ccccc1. The predicted molar refractivity (Wildman–Crippen MR) is 191 cm³/mol. The predicted octanol–water partition coefficient (Wildman–Crippen LogP) is 11.8. The number of para-hydroxylation sites is 3. The first kappa shape index (κ1) is 31.9. The van der Waals surface area contributed by atoms with Gasteiger partial charge in [0.25, 0.3) is 0 Å². The van der Waals surface area contributed by atoms with Crippen LogP contribution in [0, 0.1) is 0 Å². The van der Waals surface area contributed by atoms with Crippen molar-refractivity contribution >= 4 is 7.82 Å². The molecule has 0 N–H and O–H groups in total. The van der Waals surface area contributed by atoms with Crippen molar-refractivity contribution in [2.45, 2.75) is 38.5 Å². The van der Waals surface area contributed by atoms with Crippen LogP contribution in [0.1, 0.15) is 71.9 Å². The summed E-state index contributed by atoms with van der Waals surface area (Å²) in [5, 5.41) is 0. The number of rotatable bonds is 12. The molecule has 0 fully saturated rings. The standard InChI is InChI=1S/C42H39O4P/c1-31(34-19-7-4-8-20-34)37-25-13-16-28-40(37)44-47(43,45-41-29-17-14-26-38(41)32(2)35-21-9-5-10-22-35)46-42-30-18-15-27-39(42)33(3)36-23-11-6-12-24-36/h4-33H,1-3H3. The van der Waals surface area contributed by atoms with Crippen molar-refractivity contribution in [3.05, 3.63) is 197 Å². The van der Waals surface area contributed by atoms with Gasteiger partial charge in [-0.1, -0.05) is 166 Å². The molecule has 0 aliphatic carbocycles. The third-order valence-corrected chi connectivity index (χ3v) is 9.95. The molecule has 3 atom stereocenters. The van der Waals surface area contributed by atoms with Gasteiger partial charge in [-0.05, 0) is 34.9 Å². The molecule has 0 saturated carbocycles. The average Bonchev–Trinajstić information content (AvgIpc) is 3.12. The lowest BCUT2D eigenvalue weighted by Crippen LogP contribution is -2.12. The van der Waals surface area contributed by atoms with E-state index < -0.39 is 7.82 Å². The van der Waals surface area contributed by atoms with Crippen LogP contribution >= 0.6 is 7.82 Å². The molecule has 47 heavy (non-hydrogen) atoms. The van der Waals surface area contributed by atoms with Crippen molar-refractivity contribution < 1.29 is 18.1 Å². The molecule has 6 aromatic carbocycles. The Balaban J connectivity index is 1.42. The third kappa shape index (κ3) is 7.51. The van der Waals surface area contributed by atoms with E-state index in [0.29, 0.717) is 17.2 Å². The summed E-state index contributed by atoms with van der Waals surface area (Å²) in [6.45, 7) is 6.33. The molecule has 236 valence electrons. The molecular formula is C42H39O4P. The lowest BCUT2D eigenvalue weighted by Gasteiger charge is -2.26. The molecule has 0 heterocycles. The second kappa shape index (κ2) is 14.6. The van der Waals surface area contributed by atoms with Crippen LogP contribution in [0.25, 0.3) is 0 Å². The van der Waals surface area contributed by atoms with Gasteiger partial charge in [-0.15, -0.1) is 0 Å². The summed E-state index contributed by atoms with van der Waals surface area (Å²) in [6.07, 6.45) is 0. The Bertz CT molecular complexity index is 1720. The topological polar surface area (TPSA) is 44.8 Å². The van der Waals surface area contributed by atoms with Crippen LogP contribution in [-0.2, 0) is 4.57 Å². The fourth-order valence-corrected chi connectivity index (χ4v) is 7.28. The maximum absolute atomic E-state index is 15.2. The highest BCUT2D eigenvalue weighted by molar-refractivity contribution is 7.49. The quantitative estimate of drug-likeness (QED) is 0.125. The molecular weight excluding hydrogens is 599 g/mol. The molecule has 5 heteroatoms. The van der Waals surface area contributed by atoms with Crippen molar-refractivity contribution in [1.29, 1.82) is 0 Å². The summed E-state index contributed by atoms with van der Waals surface area (Å²) < 4.78 is 34.6. The molecule has 0 spiro atoms. The molecule has 0 aromatic heterocycles. The van der Waals surface area contributed by atoms with Gasteiger partial charge >= 0.3 is 7.82 Å². The van der Waals surface area contributed by atoms with E-state index in [4.69, 9.17) is 13.6 Å². The fraction of sp³-hybridized carbons (Fsp3) is 0.143. The first-order valence-corrected chi connectivity index (χ1v) is 17.5. The van der Waals surface area contributed by atoms with E-state index in [1.807, 2.05) is 127 Å². The summed E-state index contributed by atoms with van der Waals surface area (Å²) in [6, 6.07) is 53.5. The van der Waals surface area contributed by atoms with Gasteiger partial charge in [0, 0.05) is 34.4 Å². The van der Waals surface area contributed by atoms with Gasteiger partial charge in [0.15, 0.2) is 0 Å². The van der Waals surface area contributed by atoms with Crippen molar-refractivity contribution in [3.8, 4) is 17.2 Å². The Morgan fingerprint density at radius 1 is 0.362 bits per heavy atom. The van der Waals surface area contributed by atoms with Crippen LogP contribution in [0.4, 0.5) is 0 Å². The van der Waals surface area contributed by atoms with Crippen molar-refractivity contribution in [1.82, 2.24) is 0 Å². The molecule has 0 radical (unpaired) electrons. The highest BCUT2D eigenvalue weighted by atomic mass is 31.2. The summed E-state index contributed by atoms with van der Waals surface area (Å²) in [5.74, 6) is 1.22. The number of phosphoric acid groups is 1. The number of benzene rings is 6. The lowest BCUT2D eigenvalue weighted by atomic mass is 9.93. The summed E-state index contributed by atoms with van der Waals surface area (Å²) in [5.41, 5.74) is 5.98. The monoisotopic (exact) mass is 638 g/mol. The highest BCUT2D eigenvalue weighted by Crippen LogP contribution is 2.54. The molecule has 0 aliphatic rings. The molecule has 4 nitrogen and oxygen atoms in total.